The molecular weight excluding hydrogens is 419 g/mol. The van der Waals surface area contributed by atoms with Gasteiger partial charge in [0.05, 0.1) is 0 Å². The van der Waals surface area contributed by atoms with Crippen LogP contribution in [0.4, 0.5) is 22.0 Å². The average Bonchev–Trinajstić information content (AvgIpc) is 2.75. The Labute approximate surface area is 189 Å². The summed E-state index contributed by atoms with van der Waals surface area (Å²) in [6.07, 6.45) is 14.6. The molecule has 5 heteroatoms. The first-order chi connectivity index (χ1) is 15.3. The number of halogens is 5. The lowest BCUT2D eigenvalue weighted by molar-refractivity contribution is -0.142. The molecule has 0 aromatic heterocycles. The van der Waals surface area contributed by atoms with Crippen molar-refractivity contribution in [3.05, 3.63) is 47.0 Å². The van der Waals surface area contributed by atoms with Crippen molar-refractivity contribution < 1.29 is 22.0 Å². The highest BCUT2D eigenvalue weighted by Gasteiger charge is 2.38. The maximum atomic E-state index is 13.9. The molecule has 0 nitrogen and oxygen atoms in total. The molecule has 0 atom stereocenters. The molecule has 0 radical (unpaired) electrons. The minimum absolute atomic E-state index is 0.0465. The van der Waals surface area contributed by atoms with Crippen molar-refractivity contribution in [2.45, 2.75) is 102 Å². The lowest BCUT2D eigenvalue weighted by Crippen LogP contribution is -2.18. The standard InChI is InChI=1S/C27H37F5/c1-2-3-4-5-6-19-7-9-20(10-8-19)11-12-21-13-15-22(16-14-21)23-17-24(28)26(25(29)18-23)27(30,31)32/h3-4,17-22H,2,5-16H2,1H3. The third-order valence-electron chi connectivity index (χ3n) is 7.76. The van der Waals surface area contributed by atoms with Crippen LogP contribution >= 0.6 is 0 Å². The normalized spacial score (nSPS) is 27.2. The monoisotopic (exact) mass is 456 g/mol. The molecule has 0 amide bonds. The second kappa shape index (κ2) is 11.7. The van der Waals surface area contributed by atoms with Crippen molar-refractivity contribution in [2.75, 3.05) is 0 Å². The minimum Gasteiger partial charge on any atom is -0.206 e. The zero-order chi connectivity index (χ0) is 23.1. The highest BCUT2D eigenvalue weighted by atomic mass is 19.4. The Morgan fingerprint density at radius 2 is 1.22 bits per heavy atom. The fraction of sp³-hybridized carbons (Fsp3) is 0.704. The third kappa shape index (κ3) is 7.05. The van der Waals surface area contributed by atoms with Crippen molar-refractivity contribution in [3.63, 3.8) is 0 Å². The van der Waals surface area contributed by atoms with Gasteiger partial charge in [-0.1, -0.05) is 57.6 Å². The van der Waals surface area contributed by atoms with E-state index in [0.29, 0.717) is 11.5 Å². The van der Waals surface area contributed by atoms with E-state index in [2.05, 4.69) is 19.1 Å². The van der Waals surface area contributed by atoms with Crippen LogP contribution in [0.5, 0.6) is 0 Å². The molecular formula is C27H37F5. The molecule has 0 bridgehead atoms. The van der Waals surface area contributed by atoms with Crippen LogP contribution in [0.2, 0.25) is 0 Å². The minimum atomic E-state index is -5.00. The van der Waals surface area contributed by atoms with Gasteiger partial charge in [0.25, 0.3) is 0 Å². The fourth-order valence-electron chi connectivity index (χ4n) is 5.78. The van der Waals surface area contributed by atoms with Crippen molar-refractivity contribution in [1.29, 1.82) is 0 Å². The van der Waals surface area contributed by atoms with Gasteiger partial charge in [0.2, 0.25) is 0 Å². The van der Waals surface area contributed by atoms with Crippen LogP contribution in [-0.2, 0) is 6.18 Å². The number of benzene rings is 1. The molecule has 0 saturated heterocycles. The summed E-state index contributed by atoms with van der Waals surface area (Å²) in [4.78, 5) is 0. The fourth-order valence-corrected chi connectivity index (χ4v) is 5.78. The van der Waals surface area contributed by atoms with E-state index in [1.807, 2.05) is 0 Å². The first-order valence-electron chi connectivity index (χ1n) is 12.5. The summed E-state index contributed by atoms with van der Waals surface area (Å²) >= 11 is 0. The number of hydrogen-bond donors (Lipinski definition) is 0. The van der Waals surface area contributed by atoms with Crippen LogP contribution in [0.15, 0.2) is 24.3 Å². The number of allylic oxidation sites excluding steroid dienone is 2. The van der Waals surface area contributed by atoms with Crippen molar-refractivity contribution in [2.24, 2.45) is 17.8 Å². The molecule has 2 saturated carbocycles. The lowest BCUT2D eigenvalue weighted by Gasteiger charge is -2.32. The molecule has 1 aromatic carbocycles. The quantitative estimate of drug-likeness (QED) is 0.270. The highest BCUT2D eigenvalue weighted by Crippen LogP contribution is 2.42. The van der Waals surface area contributed by atoms with Gasteiger partial charge in [0.15, 0.2) is 0 Å². The van der Waals surface area contributed by atoms with E-state index in [1.165, 1.54) is 51.4 Å². The Bertz CT molecular complexity index is 712. The van der Waals surface area contributed by atoms with E-state index < -0.39 is 23.4 Å². The topological polar surface area (TPSA) is 0 Å². The van der Waals surface area contributed by atoms with Gasteiger partial charge in [-0.25, -0.2) is 8.78 Å². The highest BCUT2D eigenvalue weighted by molar-refractivity contribution is 5.30. The van der Waals surface area contributed by atoms with Crippen LogP contribution in [0.25, 0.3) is 0 Å². The summed E-state index contributed by atoms with van der Waals surface area (Å²) in [5.41, 5.74) is -1.40. The second-order valence-electron chi connectivity index (χ2n) is 10.00. The predicted molar refractivity (Wildman–Crippen MR) is 119 cm³/mol. The first kappa shape index (κ1) is 25.2. The smallest absolute Gasteiger partial charge is 0.206 e. The Morgan fingerprint density at radius 1 is 0.750 bits per heavy atom. The van der Waals surface area contributed by atoms with Crippen molar-refractivity contribution >= 4 is 0 Å². The van der Waals surface area contributed by atoms with Gasteiger partial charge >= 0.3 is 6.18 Å². The van der Waals surface area contributed by atoms with Crippen LogP contribution in [0.3, 0.4) is 0 Å². The maximum absolute atomic E-state index is 13.9. The molecule has 0 unspecified atom stereocenters. The van der Waals surface area contributed by atoms with E-state index in [4.69, 9.17) is 0 Å². The molecule has 2 aliphatic rings. The summed E-state index contributed by atoms with van der Waals surface area (Å²) in [6.45, 7) is 2.17. The Hall–Kier alpha value is -1.39. The molecule has 0 aliphatic heterocycles. The second-order valence-corrected chi connectivity index (χ2v) is 10.00. The molecule has 0 spiro atoms. The SMILES string of the molecule is CCC=CCCC1CCC(CCC2CCC(c3cc(F)c(C(F)(F)F)c(F)c3)CC2)CC1. The van der Waals surface area contributed by atoms with Crippen LogP contribution in [0, 0.1) is 29.4 Å². The van der Waals surface area contributed by atoms with Gasteiger partial charge in [0.1, 0.15) is 17.2 Å². The summed E-state index contributed by atoms with van der Waals surface area (Å²) in [5.74, 6) is -0.693. The summed E-state index contributed by atoms with van der Waals surface area (Å²) < 4.78 is 66.2. The number of alkyl halides is 3. The van der Waals surface area contributed by atoms with Gasteiger partial charge < -0.3 is 0 Å². The van der Waals surface area contributed by atoms with Gasteiger partial charge in [-0.15, -0.1) is 0 Å². The Balaban J connectivity index is 1.39. The molecule has 32 heavy (non-hydrogen) atoms. The van der Waals surface area contributed by atoms with Gasteiger partial charge in [-0.2, -0.15) is 13.2 Å². The predicted octanol–water partition coefficient (Wildman–Crippen LogP) is 9.59. The third-order valence-corrected chi connectivity index (χ3v) is 7.76. The number of hydrogen-bond acceptors (Lipinski definition) is 0. The van der Waals surface area contributed by atoms with Crippen LogP contribution < -0.4 is 0 Å². The van der Waals surface area contributed by atoms with Crippen molar-refractivity contribution in [3.8, 4) is 0 Å². The summed E-state index contributed by atoms with van der Waals surface area (Å²) in [6, 6.07) is 1.79. The zero-order valence-electron chi connectivity index (χ0n) is 19.2. The van der Waals surface area contributed by atoms with E-state index in [1.54, 1.807) is 0 Å². The van der Waals surface area contributed by atoms with Gasteiger partial charge in [-0.05, 0) is 86.3 Å². The van der Waals surface area contributed by atoms with E-state index in [-0.39, 0.29) is 5.92 Å². The molecule has 3 rings (SSSR count). The van der Waals surface area contributed by atoms with Gasteiger partial charge in [0, 0.05) is 0 Å². The van der Waals surface area contributed by atoms with E-state index >= 15 is 0 Å². The first-order valence-corrected chi connectivity index (χ1v) is 12.5. The lowest BCUT2D eigenvalue weighted by atomic mass is 9.74. The van der Waals surface area contributed by atoms with Gasteiger partial charge in [-0.3, -0.25) is 0 Å². The van der Waals surface area contributed by atoms with E-state index in [0.717, 1.165) is 56.1 Å². The Kier molecular flexibility index (Phi) is 9.19. The molecule has 0 N–H and O–H groups in total. The maximum Gasteiger partial charge on any atom is 0.422 e. The molecule has 0 heterocycles. The molecule has 180 valence electrons. The van der Waals surface area contributed by atoms with Crippen LogP contribution in [-0.4, -0.2) is 0 Å². The largest absolute Gasteiger partial charge is 0.422 e. The summed E-state index contributed by atoms with van der Waals surface area (Å²) in [5, 5.41) is 0. The van der Waals surface area contributed by atoms with E-state index in [9.17, 15) is 22.0 Å². The zero-order valence-corrected chi connectivity index (χ0v) is 19.2. The number of rotatable bonds is 8. The molecule has 1 aromatic rings. The van der Waals surface area contributed by atoms with Crippen LogP contribution in [0.1, 0.15) is 107 Å². The van der Waals surface area contributed by atoms with Crippen molar-refractivity contribution in [1.82, 2.24) is 0 Å². The molecule has 2 aliphatic carbocycles. The average molecular weight is 457 g/mol. The molecule has 2 fully saturated rings. The summed E-state index contributed by atoms with van der Waals surface area (Å²) in [7, 11) is 0. The Morgan fingerprint density at radius 3 is 1.69 bits per heavy atom.